The number of hydrogen-bond donors (Lipinski definition) is 1. The lowest BCUT2D eigenvalue weighted by atomic mass is 9.74. The van der Waals surface area contributed by atoms with Crippen molar-refractivity contribution >= 4 is 0 Å². The fourth-order valence-electron chi connectivity index (χ4n) is 2.41. The highest BCUT2D eigenvalue weighted by molar-refractivity contribution is 5.50. The Labute approximate surface area is 89.7 Å². The predicted molar refractivity (Wildman–Crippen MR) is 62.8 cm³/mol. The van der Waals surface area contributed by atoms with E-state index in [1.807, 2.05) is 6.08 Å². The Hall–Kier alpha value is -1.76. The number of nitrogens with two attached hydrogens (primary N) is 1. The molecular weight excluding hydrogens is 182 g/mol. The van der Waals surface area contributed by atoms with Gasteiger partial charge in [0.25, 0.3) is 0 Å². The van der Waals surface area contributed by atoms with Crippen LogP contribution in [-0.4, -0.2) is 0 Å². The van der Waals surface area contributed by atoms with Gasteiger partial charge in [0, 0.05) is 17.5 Å². The van der Waals surface area contributed by atoms with Gasteiger partial charge in [-0.15, -0.1) is 0 Å². The smallest absolute Gasteiger partial charge is 0.0313 e. The Bertz CT molecular complexity index is 470. The Balaban J connectivity index is 2.07. The van der Waals surface area contributed by atoms with Crippen LogP contribution < -0.4 is 5.73 Å². The maximum Gasteiger partial charge on any atom is 0.0313 e. The van der Waals surface area contributed by atoms with Crippen molar-refractivity contribution in [1.29, 1.82) is 0 Å². The first-order valence-electron chi connectivity index (χ1n) is 5.26. The van der Waals surface area contributed by atoms with Gasteiger partial charge in [-0.05, 0) is 23.3 Å². The fourth-order valence-corrected chi connectivity index (χ4v) is 2.41. The normalized spacial score (nSPS) is 31.3. The predicted octanol–water partition coefficient (Wildman–Crippen LogP) is 2.62. The van der Waals surface area contributed by atoms with E-state index in [0.717, 1.165) is 5.70 Å². The zero-order valence-corrected chi connectivity index (χ0v) is 8.43. The third kappa shape index (κ3) is 1.32. The van der Waals surface area contributed by atoms with Crippen LogP contribution in [0.25, 0.3) is 0 Å². The standard InChI is InChI=1S/C14H13N/c15-12-7-8-14-11(9-12)6-5-10-3-1-2-4-13(10)14/h1-9,13-14H,15H2/t13-,14-/m1/s1. The molecule has 2 atom stereocenters. The quantitative estimate of drug-likeness (QED) is 0.631. The minimum absolute atomic E-state index is 0.471. The van der Waals surface area contributed by atoms with Crippen LogP contribution in [0.2, 0.25) is 0 Å². The van der Waals surface area contributed by atoms with Gasteiger partial charge in [-0.25, -0.2) is 0 Å². The van der Waals surface area contributed by atoms with Gasteiger partial charge >= 0.3 is 0 Å². The van der Waals surface area contributed by atoms with Gasteiger partial charge in [0.05, 0.1) is 0 Å². The summed E-state index contributed by atoms with van der Waals surface area (Å²) in [5, 5.41) is 0. The molecule has 15 heavy (non-hydrogen) atoms. The van der Waals surface area contributed by atoms with E-state index in [9.17, 15) is 0 Å². The summed E-state index contributed by atoms with van der Waals surface area (Å²) in [4.78, 5) is 0. The fraction of sp³-hybridized carbons (Fsp3) is 0.143. The molecule has 74 valence electrons. The molecule has 0 saturated heterocycles. The average Bonchev–Trinajstić information content (AvgIpc) is 2.28. The molecule has 3 rings (SSSR count). The highest BCUT2D eigenvalue weighted by Gasteiger charge is 2.27. The number of hydrogen-bond acceptors (Lipinski definition) is 1. The molecule has 0 bridgehead atoms. The topological polar surface area (TPSA) is 26.0 Å². The molecule has 0 unspecified atom stereocenters. The molecule has 0 radical (unpaired) electrons. The highest BCUT2D eigenvalue weighted by atomic mass is 14.6. The lowest BCUT2D eigenvalue weighted by Crippen LogP contribution is -2.20. The van der Waals surface area contributed by atoms with Crippen molar-refractivity contribution in [1.82, 2.24) is 0 Å². The molecule has 1 heteroatoms. The molecule has 2 N–H and O–H groups in total. The largest absolute Gasteiger partial charge is 0.399 e. The highest BCUT2D eigenvalue weighted by Crippen LogP contribution is 2.38. The second kappa shape index (κ2) is 3.13. The van der Waals surface area contributed by atoms with Gasteiger partial charge in [-0.3, -0.25) is 0 Å². The van der Waals surface area contributed by atoms with Gasteiger partial charge < -0.3 is 5.73 Å². The van der Waals surface area contributed by atoms with Crippen molar-refractivity contribution in [2.24, 2.45) is 17.6 Å². The van der Waals surface area contributed by atoms with Crippen LogP contribution >= 0.6 is 0 Å². The zero-order valence-electron chi connectivity index (χ0n) is 8.43. The van der Waals surface area contributed by atoms with Gasteiger partial charge in [-0.1, -0.05) is 42.5 Å². The molecule has 0 aromatic rings. The molecule has 3 aliphatic rings. The van der Waals surface area contributed by atoms with Gasteiger partial charge in [-0.2, -0.15) is 0 Å². The monoisotopic (exact) mass is 195 g/mol. The van der Waals surface area contributed by atoms with Gasteiger partial charge in [0.15, 0.2) is 0 Å². The van der Waals surface area contributed by atoms with E-state index in [2.05, 4.69) is 48.6 Å². The molecule has 0 heterocycles. The van der Waals surface area contributed by atoms with Crippen molar-refractivity contribution in [3.8, 4) is 0 Å². The van der Waals surface area contributed by atoms with Crippen LogP contribution in [0, 0.1) is 11.8 Å². The number of rotatable bonds is 0. The molecular formula is C14H13N. The summed E-state index contributed by atoms with van der Waals surface area (Å²) in [6.07, 6.45) is 19.3. The second-order valence-corrected chi connectivity index (χ2v) is 4.13. The van der Waals surface area contributed by atoms with Crippen LogP contribution in [0.15, 0.2) is 71.5 Å². The number of fused-ring (bicyclic) bond motifs is 3. The number of allylic oxidation sites excluding steroid dienone is 11. The Kier molecular flexibility index (Phi) is 1.78. The van der Waals surface area contributed by atoms with Crippen molar-refractivity contribution < 1.29 is 0 Å². The molecule has 0 fully saturated rings. The van der Waals surface area contributed by atoms with Gasteiger partial charge in [0.1, 0.15) is 0 Å². The first-order chi connectivity index (χ1) is 7.34. The lowest BCUT2D eigenvalue weighted by Gasteiger charge is -2.30. The summed E-state index contributed by atoms with van der Waals surface area (Å²) in [7, 11) is 0. The molecule has 1 nitrogen and oxygen atoms in total. The van der Waals surface area contributed by atoms with Crippen molar-refractivity contribution in [2.45, 2.75) is 0 Å². The molecule has 0 aromatic heterocycles. The Morgan fingerprint density at radius 3 is 2.60 bits per heavy atom. The summed E-state index contributed by atoms with van der Waals surface area (Å²) in [5.41, 5.74) is 9.36. The van der Waals surface area contributed by atoms with E-state index in [4.69, 9.17) is 5.73 Å². The third-order valence-electron chi connectivity index (χ3n) is 3.17. The summed E-state index contributed by atoms with van der Waals surface area (Å²) in [6.45, 7) is 0. The lowest BCUT2D eigenvalue weighted by molar-refractivity contribution is 0.613. The van der Waals surface area contributed by atoms with Crippen molar-refractivity contribution in [3.63, 3.8) is 0 Å². The summed E-state index contributed by atoms with van der Waals surface area (Å²) in [6, 6.07) is 0. The summed E-state index contributed by atoms with van der Waals surface area (Å²) < 4.78 is 0. The SMILES string of the molecule is NC1=CC2=CC=C3C=CC=C[C@H]3[C@@H]2C=C1. The molecule has 3 aliphatic carbocycles. The Morgan fingerprint density at radius 2 is 1.67 bits per heavy atom. The van der Waals surface area contributed by atoms with Crippen LogP contribution in [0.3, 0.4) is 0 Å². The second-order valence-electron chi connectivity index (χ2n) is 4.13. The van der Waals surface area contributed by atoms with E-state index >= 15 is 0 Å². The first-order valence-corrected chi connectivity index (χ1v) is 5.26. The molecule has 0 aliphatic heterocycles. The van der Waals surface area contributed by atoms with E-state index in [1.165, 1.54) is 11.1 Å². The van der Waals surface area contributed by atoms with Crippen LogP contribution in [-0.2, 0) is 0 Å². The van der Waals surface area contributed by atoms with Crippen LogP contribution in [0.1, 0.15) is 0 Å². The average molecular weight is 195 g/mol. The maximum absolute atomic E-state index is 5.79. The van der Waals surface area contributed by atoms with Crippen LogP contribution in [0.4, 0.5) is 0 Å². The Morgan fingerprint density at radius 1 is 0.867 bits per heavy atom. The molecule has 0 spiro atoms. The molecule has 0 aromatic carbocycles. The molecule has 0 amide bonds. The van der Waals surface area contributed by atoms with E-state index in [0.29, 0.717) is 11.8 Å². The van der Waals surface area contributed by atoms with Crippen molar-refractivity contribution in [2.75, 3.05) is 0 Å². The van der Waals surface area contributed by atoms with E-state index in [-0.39, 0.29) is 0 Å². The minimum Gasteiger partial charge on any atom is -0.399 e. The minimum atomic E-state index is 0.471. The first kappa shape index (κ1) is 8.54. The maximum atomic E-state index is 5.79. The van der Waals surface area contributed by atoms with Gasteiger partial charge in [0.2, 0.25) is 0 Å². The van der Waals surface area contributed by atoms with Crippen LogP contribution in [0.5, 0.6) is 0 Å². The summed E-state index contributed by atoms with van der Waals surface area (Å²) >= 11 is 0. The van der Waals surface area contributed by atoms with E-state index in [1.54, 1.807) is 0 Å². The third-order valence-corrected chi connectivity index (χ3v) is 3.17. The zero-order chi connectivity index (χ0) is 10.3. The van der Waals surface area contributed by atoms with E-state index < -0.39 is 0 Å². The summed E-state index contributed by atoms with van der Waals surface area (Å²) in [5.74, 6) is 0.967. The van der Waals surface area contributed by atoms with Crippen molar-refractivity contribution in [3.05, 3.63) is 71.5 Å². The molecule has 0 saturated carbocycles.